The van der Waals surface area contributed by atoms with E-state index in [1.165, 1.54) is 18.2 Å². The number of halogens is 1. The van der Waals surface area contributed by atoms with Crippen molar-refractivity contribution in [3.05, 3.63) is 71.0 Å². The Balaban J connectivity index is 2.26. The summed E-state index contributed by atoms with van der Waals surface area (Å²) in [5.41, 5.74) is 1.34. The summed E-state index contributed by atoms with van der Waals surface area (Å²) in [6.45, 7) is 8.51. The number of hydrogen-bond donors (Lipinski definition) is 1. The molecule has 0 amide bonds. The van der Waals surface area contributed by atoms with Crippen molar-refractivity contribution < 1.29 is 23.8 Å². The third-order valence-corrected chi connectivity index (χ3v) is 4.11. The zero-order chi connectivity index (χ0) is 21.4. The number of hydrogen-bond acceptors (Lipinski definition) is 5. The van der Waals surface area contributed by atoms with E-state index in [2.05, 4.69) is 0 Å². The first-order chi connectivity index (χ1) is 13.7. The van der Waals surface area contributed by atoms with Crippen LogP contribution in [0.4, 0.5) is 4.39 Å². The SMILES string of the molecule is CCOC(=O)c1ccc(F)cc1CN(Cc1ccccc1)CC(O)OC(C)(C)C. The quantitative estimate of drug-likeness (QED) is 0.504. The Morgan fingerprint density at radius 3 is 2.45 bits per heavy atom. The maximum absolute atomic E-state index is 13.9. The molecular formula is C23H30FNO4. The molecule has 29 heavy (non-hydrogen) atoms. The zero-order valence-electron chi connectivity index (χ0n) is 17.5. The van der Waals surface area contributed by atoms with Crippen LogP contribution in [0.5, 0.6) is 0 Å². The van der Waals surface area contributed by atoms with Crippen LogP contribution in [-0.4, -0.2) is 41.0 Å². The number of benzene rings is 2. The van der Waals surface area contributed by atoms with Crippen LogP contribution in [0.1, 0.15) is 49.2 Å². The van der Waals surface area contributed by atoms with Gasteiger partial charge in [-0.1, -0.05) is 30.3 Å². The maximum atomic E-state index is 13.9. The van der Waals surface area contributed by atoms with E-state index in [1.807, 2.05) is 56.0 Å². The highest BCUT2D eigenvalue weighted by Crippen LogP contribution is 2.19. The van der Waals surface area contributed by atoms with E-state index in [9.17, 15) is 14.3 Å². The van der Waals surface area contributed by atoms with Crippen LogP contribution in [0, 0.1) is 5.82 Å². The first kappa shape index (κ1) is 23.0. The topological polar surface area (TPSA) is 59.0 Å². The fraction of sp³-hybridized carbons (Fsp3) is 0.435. The molecule has 0 radical (unpaired) electrons. The normalized spacial score (nSPS) is 12.8. The molecule has 0 aliphatic carbocycles. The van der Waals surface area contributed by atoms with E-state index in [0.717, 1.165) is 5.56 Å². The van der Waals surface area contributed by atoms with Gasteiger partial charge < -0.3 is 14.6 Å². The van der Waals surface area contributed by atoms with Crippen molar-refractivity contribution in [1.29, 1.82) is 0 Å². The van der Waals surface area contributed by atoms with E-state index in [4.69, 9.17) is 9.47 Å². The lowest BCUT2D eigenvalue weighted by Crippen LogP contribution is -2.37. The van der Waals surface area contributed by atoms with Crippen molar-refractivity contribution in [1.82, 2.24) is 4.90 Å². The molecule has 0 saturated heterocycles. The van der Waals surface area contributed by atoms with Gasteiger partial charge in [0.25, 0.3) is 0 Å². The Labute approximate surface area is 172 Å². The molecular weight excluding hydrogens is 373 g/mol. The molecule has 1 unspecified atom stereocenters. The molecule has 0 aliphatic heterocycles. The van der Waals surface area contributed by atoms with Crippen molar-refractivity contribution in [2.45, 2.75) is 52.7 Å². The molecule has 158 valence electrons. The van der Waals surface area contributed by atoms with E-state index in [1.54, 1.807) is 6.92 Å². The summed E-state index contributed by atoms with van der Waals surface area (Å²) in [6, 6.07) is 13.8. The number of ether oxygens (including phenoxy) is 2. The fourth-order valence-electron chi connectivity index (χ4n) is 3.03. The highest BCUT2D eigenvalue weighted by molar-refractivity contribution is 5.91. The Kier molecular flexibility index (Phi) is 8.32. The van der Waals surface area contributed by atoms with Crippen LogP contribution < -0.4 is 0 Å². The fourth-order valence-corrected chi connectivity index (χ4v) is 3.03. The average Bonchev–Trinajstić information content (AvgIpc) is 2.61. The van der Waals surface area contributed by atoms with Gasteiger partial charge in [0, 0.05) is 13.1 Å². The van der Waals surface area contributed by atoms with Crippen molar-refractivity contribution in [2.75, 3.05) is 13.2 Å². The smallest absolute Gasteiger partial charge is 0.338 e. The summed E-state index contributed by atoms with van der Waals surface area (Å²) in [4.78, 5) is 14.2. The molecule has 2 aromatic carbocycles. The Morgan fingerprint density at radius 2 is 1.83 bits per heavy atom. The third kappa shape index (κ3) is 7.93. The Hall–Kier alpha value is -2.28. The van der Waals surface area contributed by atoms with E-state index >= 15 is 0 Å². The second kappa shape index (κ2) is 10.5. The van der Waals surface area contributed by atoms with Gasteiger partial charge in [0.2, 0.25) is 0 Å². The largest absolute Gasteiger partial charge is 0.462 e. The zero-order valence-corrected chi connectivity index (χ0v) is 17.5. The molecule has 0 bridgehead atoms. The van der Waals surface area contributed by atoms with E-state index < -0.39 is 23.7 Å². The summed E-state index contributed by atoms with van der Waals surface area (Å²) in [5, 5.41) is 10.4. The lowest BCUT2D eigenvalue weighted by atomic mass is 10.1. The summed E-state index contributed by atoms with van der Waals surface area (Å²) < 4.78 is 24.6. The maximum Gasteiger partial charge on any atom is 0.338 e. The summed E-state index contributed by atoms with van der Waals surface area (Å²) in [5.74, 6) is -0.923. The average molecular weight is 403 g/mol. The number of nitrogens with zero attached hydrogens (tertiary/aromatic N) is 1. The summed E-state index contributed by atoms with van der Waals surface area (Å²) in [6.07, 6.45) is -1.03. The minimum absolute atomic E-state index is 0.199. The Bertz CT molecular complexity index is 789. The van der Waals surface area contributed by atoms with Gasteiger partial charge >= 0.3 is 5.97 Å². The Morgan fingerprint density at radius 1 is 1.14 bits per heavy atom. The van der Waals surface area contributed by atoms with Crippen LogP contribution in [0.25, 0.3) is 0 Å². The van der Waals surface area contributed by atoms with Crippen LogP contribution in [-0.2, 0) is 22.6 Å². The van der Waals surface area contributed by atoms with Crippen LogP contribution in [0.15, 0.2) is 48.5 Å². The van der Waals surface area contributed by atoms with Crippen molar-refractivity contribution in [2.24, 2.45) is 0 Å². The highest BCUT2D eigenvalue weighted by Gasteiger charge is 2.22. The van der Waals surface area contributed by atoms with Gasteiger partial charge in [0.1, 0.15) is 5.82 Å². The second-order valence-corrected chi connectivity index (χ2v) is 7.86. The van der Waals surface area contributed by atoms with Gasteiger partial charge in [-0.2, -0.15) is 0 Å². The van der Waals surface area contributed by atoms with Gasteiger partial charge in [0.15, 0.2) is 6.29 Å². The monoisotopic (exact) mass is 403 g/mol. The van der Waals surface area contributed by atoms with Crippen LogP contribution >= 0.6 is 0 Å². The summed E-state index contributed by atoms with van der Waals surface area (Å²) in [7, 11) is 0. The predicted molar refractivity (Wildman–Crippen MR) is 110 cm³/mol. The van der Waals surface area contributed by atoms with Gasteiger partial charge in [-0.15, -0.1) is 0 Å². The van der Waals surface area contributed by atoms with Crippen LogP contribution in [0.2, 0.25) is 0 Å². The third-order valence-electron chi connectivity index (χ3n) is 4.11. The molecule has 0 aliphatic rings. The predicted octanol–water partition coefficient (Wildman–Crippen LogP) is 4.14. The highest BCUT2D eigenvalue weighted by atomic mass is 19.1. The molecule has 0 fully saturated rings. The lowest BCUT2D eigenvalue weighted by molar-refractivity contribution is -0.175. The minimum Gasteiger partial charge on any atom is -0.462 e. The first-order valence-corrected chi connectivity index (χ1v) is 9.75. The number of aliphatic hydroxyl groups is 1. The lowest BCUT2D eigenvalue weighted by Gasteiger charge is -2.30. The van der Waals surface area contributed by atoms with Gasteiger partial charge in [-0.3, -0.25) is 4.90 Å². The molecule has 5 nitrogen and oxygen atoms in total. The molecule has 2 rings (SSSR count). The van der Waals surface area contributed by atoms with Crippen molar-refractivity contribution in [3.63, 3.8) is 0 Å². The van der Waals surface area contributed by atoms with E-state index in [-0.39, 0.29) is 19.7 Å². The second-order valence-electron chi connectivity index (χ2n) is 7.86. The summed E-state index contributed by atoms with van der Waals surface area (Å²) >= 11 is 0. The minimum atomic E-state index is -1.03. The number of carbonyl (C=O) groups excluding carboxylic acids is 1. The van der Waals surface area contributed by atoms with Gasteiger partial charge in [-0.25, -0.2) is 9.18 Å². The molecule has 2 aromatic rings. The molecule has 0 saturated carbocycles. The molecule has 1 atom stereocenters. The van der Waals surface area contributed by atoms with E-state index in [0.29, 0.717) is 17.7 Å². The number of rotatable bonds is 9. The molecule has 0 spiro atoms. The first-order valence-electron chi connectivity index (χ1n) is 9.75. The number of esters is 1. The number of aliphatic hydroxyl groups excluding tert-OH is 1. The standard InChI is InChI=1S/C23H30FNO4/c1-5-28-22(27)20-12-11-19(24)13-18(20)15-25(14-17-9-7-6-8-10-17)16-21(26)29-23(2,3)4/h6-13,21,26H,5,14-16H2,1-4H3. The van der Waals surface area contributed by atoms with Gasteiger partial charge in [-0.05, 0) is 57.0 Å². The van der Waals surface area contributed by atoms with Crippen molar-refractivity contribution in [3.8, 4) is 0 Å². The molecule has 0 aromatic heterocycles. The van der Waals surface area contributed by atoms with Crippen LogP contribution in [0.3, 0.4) is 0 Å². The molecule has 6 heteroatoms. The van der Waals surface area contributed by atoms with Gasteiger partial charge in [0.05, 0.1) is 24.3 Å². The van der Waals surface area contributed by atoms with Crippen molar-refractivity contribution >= 4 is 5.97 Å². The molecule has 0 heterocycles. The number of carbonyl (C=O) groups is 1. The molecule has 1 N–H and O–H groups in total.